The molecule has 1 aromatic rings. The van der Waals surface area contributed by atoms with Gasteiger partial charge in [0.15, 0.2) is 5.66 Å². The Hall–Kier alpha value is -1.01. The Morgan fingerprint density at radius 2 is 1.55 bits per heavy atom. The van der Waals surface area contributed by atoms with Gasteiger partial charge in [0.2, 0.25) is 0 Å². The third-order valence-corrected chi connectivity index (χ3v) is 7.46. The third kappa shape index (κ3) is 9.12. The Bertz CT molecular complexity index is 661. The van der Waals surface area contributed by atoms with Crippen LogP contribution in [0.1, 0.15) is 113 Å². The van der Waals surface area contributed by atoms with Crippen LogP contribution in [0.25, 0.3) is 0 Å². The number of aryl methyl sites for hydroxylation is 3. The average Bonchev–Trinajstić information content (AvgIpc) is 2.57. The van der Waals surface area contributed by atoms with Gasteiger partial charge in [-0.05, 0) is 68.9 Å². The van der Waals surface area contributed by atoms with Gasteiger partial charge in [0.05, 0.1) is 5.56 Å². The molecule has 0 spiro atoms. The highest BCUT2D eigenvalue weighted by Gasteiger charge is 2.41. The number of unbranched alkanes of at least 4 members (excludes halogenated alkanes) is 4. The number of hydrogen-bond donors (Lipinski definition) is 0. The van der Waals surface area contributed by atoms with Gasteiger partial charge in [0, 0.05) is 0 Å². The summed E-state index contributed by atoms with van der Waals surface area (Å²) in [6, 6.07) is 4.07. The lowest BCUT2D eigenvalue weighted by Crippen LogP contribution is -2.17. The van der Waals surface area contributed by atoms with E-state index in [0.29, 0.717) is 11.5 Å². The molecule has 0 amide bonds. The van der Waals surface area contributed by atoms with Crippen molar-refractivity contribution >= 4 is 13.3 Å². The minimum absolute atomic E-state index is 0.00317. The number of carbonyl (C=O) groups is 1. The maximum absolute atomic E-state index is 13.5. The Morgan fingerprint density at radius 3 is 2.07 bits per heavy atom. The predicted octanol–water partition coefficient (Wildman–Crippen LogP) is 8.77. The zero-order valence-electron chi connectivity index (χ0n) is 20.2. The van der Waals surface area contributed by atoms with Gasteiger partial charge in [-0.1, -0.05) is 82.6 Å². The van der Waals surface area contributed by atoms with E-state index in [0.717, 1.165) is 42.4 Å². The van der Waals surface area contributed by atoms with Crippen molar-refractivity contribution in [3.05, 3.63) is 34.4 Å². The van der Waals surface area contributed by atoms with E-state index >= 15 is 0 Å². The quantitative estimate of drug-likeness (QED) is 0.250. The first kappa shape index (κ1) is 26.0. The molecule has 1 aromatic carbocycles. The lowest BCUT2D eigenvalue weighted by molar-refractivity contribution is 0.107. The van der Waals surface area contributed by atoms with Crippen LogP contribution in [-0.4, -0.2) is 11.2 Å². The van der Waals surface area contributed by atoms with E-state index in [1.54, 1.807) is 0 Å². The Balaban J connectivity index is 2.97. The molecule has 3 unspecified atom stereocenters. The van der Waals surface area contributed by atoms with Gasteiger partial charge in [-0.15, -0.1) is 0 Å². The zero-order valence-corrected chi connectivity index (χ0v) is 21.1. The number of hydrogen-bond acceptors (Lipinski definition) is 2. The summed E-state index contributed by atoms with van der Waals surface area (Å²) in [6.07, 6.45) is 8.87. The molecule has 0 bridgehead atoms. The van der Waals surface area contributed by atoms with Crippen molar-refractivity contribution in [2.75, 3.05) is 0 Å². The van der Waals surface area contributed by atoms with Crippen molar-refractivity contribution in [1.29, 1.82) is 0 Å². The molecule has 0 aliphatic rings. The smallest absolute Gasteiger partial charge is 0.234 e. The van der Waals surface area contributed by atoms with Crippen molar-refractivity contribution in [3.63, 3.8) is 0 Å². The number of carbonyl (C=O) groups excluding carboxylic acids is 1. The highest BCUT2D eigenvalue weighted by atomic mass is 31.1. The summed E-state index contributed by atoms with van der Waals surface area (Å²) >= 11 is 0. The van der Waals surface area contributed by atoms with Crippen LogP contribution in [0.4, 0.5) is 0 Å². The fourth-order valence-electron chi connectivity index (χ4n) is 4.70. The molecule has 0 aliphatic heterocycles. The monoisotopic (exact) mass is 419 g/mol. The molecule has 3 heteroatoms. The van der Waals surface area contributed by atoms with Crippen LogP contribution in [0, 0.1) is 32.1 Å². The van der Waals surface area contributed by atoms with E-state index in [1.165, 1.54) is 25.7 Å². The Morgan fingerprint density at radius 1 is 1.00 bits per heavy atom. The molecule has 1 rings (SSSR count). The molecule has 0 aromatic heterocycles. The van der Waals surface area contributed by atoms with E-state index in [9.17, 15) is 9.36 Å². The maximum atomic E-state index is 13.5. The van der Waals surface area contributed by atoms with Crippen LogP contribution in [0.15, 0.2) is 12.1 Å². The van der Waals surface area contributed by atoms with Gasteiger partial charge in [-0.2, -0.15) is 0 Å². The van der Waals surface area contributed by atoms with Crippen LogP contribution in [-0.2, 0) is 4.57 Å². The van der Waals surface area contributed by atoms with Crippen LogP contribution in [0.2, 0.25) is 0 Å². The summed E-state index contributed by atoms with van der Waals surface area (Å²) in [5.74, 6) is 0.475. The van der Waals surface area contributed by atoms with Crippen LogP contribution in [0.5, 0.6) is 0 Å². The number of rotatable bonds is 12. The molecule has 0 fully saturated rings. The van der Waals surface area contributed by atoms with Crippen molar-refractivity contribution in [2.45, 2.75) is 112 Å². The molecular weight excluding hydrogens is 375 g/mol. The Labute approximate surface area is 181 Å². The standard InChI is InChI=1S/C26H44O2P/c1-9-10-11-12-13-14-23(17-20(3)18-26(6,7)8)29(28)25(27)24-21(4)15-19(2)16-22(24)5/h15-16,20,23H,9-14,17-18H2,1-8H3/q+1. The van der Waals surface area contributed by atoms with Crippen molar-refractivity contribution in [1.82, 2.24) is 0 Å². The molecule has 0 N–H and O–H groups in total. The lowest BCUT2D eigenvalue weighted by atomic mass is 9.83. The van der Waals surface area contributed by atoms with Crippen LogP contribution < -0.4 is 0 Å². The molecule has 0 saturated carbocycles. The molecule has 3 atom stereocenters. The molecule has 2 nitrogen and oxygen atoms in total. The molecule has 29 heavy (non-hydrogen) atoms. The predicted molar refractivity (Wildman–Crippen MR) is 128 cm³/mol. The van der Waals surface area contributed by atoms with Gasteiger partial charge in [-0.3, -0.25) is 0 Å². The average molecular weight is 420 g/mol. The van der Waals surface area contributed by atoms with E-state index in [4.69, 9.17) is 0 Å². The second-order valence-corrected chi connectivity index (χ2v) is 12.2. The van der Waals surface area contributed by atoms with E-state index in [-0.39, 0.29) is 16.6 Å². The topological polar surface area (TPSA) is 34.1 Å². The zero-order chi connectivity index (χ0) is 22.2. The van der Waals surface area contributed by atoms with Gasteiger partial charge in [-0.25, -0.2) is 4.79 Å². The van der Waals surface area contributed by atoms with Gasteiger partial charge >= 0.3 is 13.3 Å². The first-order valence-corrected chi connectivity index (χ1v) is 12.9. The van der Waals surface area contributed by atoms with Gasteiger partial charge in [0.1, 0.15) is 0 Å². The Kier molecular flexibility index (Phi) is 10.8. The number of benzene rings is 1. The van der Waals surface area contributed by atoms with Crippen molar-refractivity contribution in [2.24, 2.45) is 11.3 Å². The molecule has 164 valence electrons. The van der Waals surface area contributed by atoms with Crippen molar-refractivity contribution in [3.8, 4) is 0 Å². The molecule has 0 aliphatic carbocycles. The fourth-order valence-corrected chi connectivity index (χ4v) is 6.57. The van der Waals surface area contributed by atoms with Crippen LogP contribution >= 0.6 is 7.80 Å². The highest BCUT2D eigenvalue weighted by molar-refractivity contribution is 7.65. The molecule has 0 saturated heterocycles. The van der Waals surface area contributed by atoms with E-state index < -0.39 is 7.80 Å². The first-order valence-electron chi connectivity index (χ1n) is 11.5. The highest BCUT2D eigenvalue weighted by Crippen LogP contribution is 2.42. The summed E-state index contributed by atoms with van der Waals surface area (Å²) in [4.78, 5) is 13.3. The van der Waals surface area contributed by atoms with Crippen LogP contribution in [0.3, 0.4) is 0 Å². The van der Waals surface area contributed by atoms with E-state index in [2.05, 4.69) is 34.6 Å². The largest absolute Gasteiger partial charge is 0.423 e. The lowest BCUT2D eigenvalue weighted by Gasteiger charge is -2.24. The van der Waals surface area contributed by atoms with E-state index in [1.807, 2.05) is 32.9 Å². The fraction of sp³-hybridized carbons (Fsp3) is 0.731. The van der Waals surface area contributed by atoms with Gasteiger partial charge < -0.3 is 0 Å². The summed E-state index contributed by atoms with van der Waals surface area (Å²) in [5.41, 5.74) is 3.88. The summed E-state index contributed by atoms with van der Waals surface area (Å²) in [6.45, 7) is 17.2. The molecule has 0 radical (unpaired) electrons. The third-order valence-electron chi connectivity index (χ3n) is 5.70. The second kappa shape index (κ2) is 12.0. The minimum atomic E-state index is -1.91. The maximum Gasteiger partial charge on any atom is 0.423 e. The molecular formula is C26H44O2P+. The second-order valence-electron chi connectivity index (χ2n) is 10.4. The van der Waals surface area contributed by atoms with Gasteiger partial charge in [0.25, 0.3) is 0 Å². The molecule has 0 heterocycles. The SMILES string of the molecule is CCCCCCCC(CC(C)CC(C)(C)C)[P+](=O)C(=O)c1c(C)cc(C)cc1C. The normalized spacial score (nSPS) is 14.6. The first-order chi connectivity index (χ1) is 13.5. The summed E-state index contributed by atoms with van der Waals surface area (Å²) < 4.78 is 13.5. The van der Waals surface area contributed by atoms with Crippen molar-refractivity contribution < 1.29 is 9.36 Å². The summed E-state index contributed by atoms with van der Waals surface area (Å²) in [5, 5.41) is 0. The summed E-state index contributed by atoms with van der Waals surface area (Å²) in [7, 11) is -1.91. The minimum Gasteiger partial charge on any atom is -0.234 e.